The summed E-state index contributed by atoms with van der Waals surface area (Å²) < 4.78 is 0. The molecule has 0 bridgehead atoms. The van der Waals surface area contributed by atoms with E-state index in [0.717, 1.165) is 44.7 Å². The predicted octanol–water partition coefficient (Wildman–Crippen LogP) is 2.29. The molecular weight excluding hydrogens is 378 g/mol. The van der Waals surface area contributed by atoms with E-state index in [4.69, 9.17) is 0 Å². The van der Waals surface area contributed by atoms with Gasteiger partial charge in [0.2, 0.25) is 5.91 Å². The maximum Gasteiger partial charge on any atom is 0.274 e. The van der Waals surface area contributed by atoms with Crippen LogP contribution in [0.15, 0.2) is 36.7 Å². The van der Waals surface area contributed by atoms with E-state index in [2.05, 4.69) is 46.1 Å². The summed E-state index contributed by atoms with van der Waals surface area (Å²) in [5, 5.41) is 0. The number of nitrogens with zero attached hydrogens (tertiary/aromatic N) is 5. The van der Waals surface area contributed by atoms with E-state index in [1.165, 1.54) is 17.4 Å². The van der Waals surface area contributed by atoms with Crippen molar-refractivity contribution in [3.63, 3.8) is 0 Å². The van der Waals surface area contributed by atoms with Crippen LogP contribution >= 0.6 is 0 Å². The Morgan fingerprint density at radius 2 is 1.70 bits per heavy atom. The van der Waals surface area contributed by atoms with Gasteiger partial charge in [-0.05, 0) is 38.3 Å². The van der Waals surface area contributed by atoms with Gasteiger partial charge < -0.3 is 14.7 Å². The second-order valence-corrected chi connectivity index (χ2v) is 8.23. The Balaban J connectivity index is 1.35. The van der Waals surface area contributed by atoms with Gasteiger partial charge in [-0.2, -0.15) is 0 Å². The van der Waals surface area contributed by atoms with E-state index in [0.29, 0.717) is 18.8 Å². The van der Waals surface area contributed by atoms with Crippen molar-refractivity contribution >= 4 is 17.5 Å². The number of likely N-dealkylation sites (tertiary alicyclic amines) is 1. The van der Waals surface area contributed by atoms with Gasteiger partial charge in [-0.25, -0.2) is 4.98 Å². The zero-order valence-electron chi connectivity index (χ0n) is 17.8. The maximum atomic E-state index is 13.2. The molecule has 1 aromatic heterocycles. The van der Waals surface area contributed by atoms with E-state index in [-0.39, 0.29) is 17.7 Å². The number of piperidine rings is 1. The number of para-hydroxylation sites is 1. The normalized spacial score (nSPS) is 19.7. The Morgan fingerprint density at radius 1 is 0.933 bits per heavy atom. The van der Waals surface area contributed by atoms with Crippen molar-refractivity contribution < 1.29 is 9.59 Å². The molecule has 4 rings (SSSR count). The number of carbonyl (C=O) groups is 2. The van der Waals surface area contributed by atoms with Crippen molar-refractivity contribution in [2.24, 2.45) is 5.92 Å². The number of anilines is 1. The number of aromatic nitrogens is 2. The molecule has 0 aliphatic carbocycles. The smallest absolute Gasteiger partial charge is 0.274 e. The number of piperazine rings is 1. The van der Waals surface area contributed by atoms with Crippen molar-refractivity contribution in [2.45, 2.75) is 26.7 Å². The number of benzene rings is 1. The third-order valence-electron chi connectivity index (χ3n) is 6.11. The molecule has 30 heavy (non-hydrogen) atoms. The van der Waals surface area contributed by atoms with Crippen LogP contribution in [0.3, 0.4) is 0 Å². The van der Waals surface area contributed by atoms with Crippen LogP contribution in [0, 0.1) is 19.8 Å². The number of rotatable bonds is 3. The zero-order chi connectivity index (χ0) is 21.1. The topological polar surface area (TPSA) is 69.6 Å². The second kappa shape index (κ2) is 8.81. The molecule has 0 radical (unpaired) electrons. The van der Waals surface area contributed by atoms with E-state index >= 15 is 0 Å². The summed E-state index contributed by atoms with van der Waals surface area (Å²) in [6.45, 7) is 8.22. The number of carbonyl (C=O) groups excluding carboxylic acids is 2. The highest BCUT2D eigenvalue weighted by molar-refractivity contribution is 5.92. The summed E-state index contributed by atoms with van der Waals surface area (Å²) in [6.07, 6.45) is 4.80. The largest absolute Gasteiger partial charge is 0.368 e. The van der Waals surface area contributed by atoms with Gasteiger partial charge in [0.1, 0.15) is 5.69 Å². The molecule has 7 nitrogen and oxygen atoms in total. The first-order chi connectivity index (χ1) is 14.5. The van der Waals surface area contributed by atoms with E-state index in [1.807, 2.05) is 11.8 Å². The summed E-state index contributed by atoms with van der Waals surface area (Å²) in [5.41, 5.74) is 3.64. The summed E-state index contributed by atoms with van der Waals surface area (Å²) in [4.78, 5) is 40.4. The summed E-state index contributed by atoms with van der Waals surface area (Å²) in [6, 6.07) is 8.38. The van der Waals surface area contributed by atoms with Crippen LogP contribution in [0.5, 0.6) is 0 Å². The Morgan fingerprint density at radius 3 is 2.40 bits per heavy atom. The number of aryl methyl sites for hydroxylation is 2. The molecule has 2 fully saturated rings. The zero-order valence-corrected chi connectivity index (χ0v) is 17.8. The van der Waals surface area contributed by atoms with Crippen molar-refractivity contribution in [3.05, 3.63) is 53.6 Å². The SMILES string of the molecule is Cc1cnc(C(=O)N2CCC[C@@H](C(=O)N3CCN(c4ccccc4C)CC3)C2)cn1. The monoisotopic (exact) mass is 407 g/mol. The third-order valence-corrected chi connectivity index (χ3v) is 6.11. The molecular formula is C23H29N5O2. The van der Waals surface area contributed by atoms with Gasteiger partial charge in [0.05, 0.1) is 17.8 Å². The van der Waals surface area contributed by atoms with E-state index < -0.39 is 0 Å². The molecule has 2 aromatic rings. The molecule has 2 amide bonds. The first-order valence-electron chi connectivity index (χ1n) is 10.7. The standard InChI is InChI=1S/C23H29N5O2/c1-17-6-3-4-8-21(17)26-10-12-27(13-11-26)22(29)19-7-5-9-28(16-19)23(30)20-15-24-18(2)14-25-20/h3-4,6,8,14-15,19H,5,7,9-13,16H2,1-2H3/t19-/m1/s1. The van der Waals surface area contributed by atoms with Gasteiger partial charge in [0, 0.05) is 51.2 Å². The molecule has 2 saturated heterocycles. The maximum absolute atomic E-state index is 13.2. The van der Waals surface area contributed by atoms with Gasteiger partial charge in [0.25, 0.3) is 5.91 Å². The molecule has 3 heterocycles. The van der Waals surface area contributed by atoms with Crippen molar-refractivity contribution in [3.8, 4) is 0 Å². The van der Waals surface area contributed by atoms with E-state index in [9.17, 15) is 9.59 Å². The number of hydrogen-bond donors (Lipinski definition) is 0. The molecule has 1 aromatic carbocycles. The van der Waals surface area contributed by atoms with Crippen LogP contribution < -0.4 is 4.90 Å². The van der Waals surface area contributed by atoms with Crippen molar-refractivity contribution in [2.75, 3.05) is 44.2 Å². The van der Waals surface area contributed by atoms with Crippen LogP contribution in [0.1, 0.15) is 34.6 Å². The molecule has 2 aliphatic heterocycles. The average Bonchev–Trinajstić information content (AvgIpc) is 2.79. The summed E-state index contributed by atoms with van der Waals surface area (Å²) in [7, 11) is 0. The van der Waals surface area contributed by atoms with Gasteiger partial charge >= 0.3 is 0 Å². The summed E-state index contributed by atoms with van der Waals surface area (Å²) in [5.74, 6) is -0.0950. The highest BCUT2D eigenvalue weighted by atomic mass is 16.2. The third kappa shape index (κ3) is 4.30. The highest BCUT2D eigenvalue weighted by Crippen LogP contribution is 2.24. The molecule has 2 aliphatic rings. The fourth-order valence-electron chi connectivity index (χ4n) is 4.37. The first kappa shape index (κ1) is 20.3. The van der Waals surface area contributed by atoms with E-state index in [1.54, 1.807) is 11.1 Å². The lowest BCUT2D eigenvalue weighted by molar-refractivity contribution is -0.137. The van der Waals surface area contributed by atoms with Crippen LogP contribution in [0.25, 0.3) is 0 Å². The first-order valence-corrected chi connectivity index (χ1v) is 10.7. The van der Waals surface area contributed by atoms with Crippen molar-refractivity contribution in [1.82, 2.24) is 19.8 Å². The fraction of sp³-hybridized carbons (Fsp3) is 0.478. The molecule has 1 atom stereocenters. The lowest BCUT2D eigenvalue weighted by atomic mass is 9.96. The van der Waals surface area contributed by atoms with Gasteiger partial charge in [-0.3, -0.25) is 14.6 Å². The van der Waals surface area contributed by atoms with Gasteiger partial charge in [-0.1, -0.05) is 18.2 Å². The van der Waals surface area contributed by atoms with Crippen molar-refractivity contribution in [1.29, 1.82) is 0 Å². The Hall–Kier alpha value is -2.96. The Kier molecular flexibility index (Phi) is 5.97. The van der Waals surface area contributed by atoms with Crippen LogP contribution in [-0.4, -0.2) is 70.9 Å². The predicted molar refractivity (Wildman–Crippen MR) is 115 cm³/mol. The number of hydrogen-bond acceptors (Lipinski definition) is 5. The van der Waals surface area contributed by atoms with Crippen LogP contribution in [-0.2, 0) is 4.79 Å². The number of amides is 2. The Bertz CT molecular complexity index is 906. The average molecular weight is 408 g/mol. The minimum Gasteiger partial charge on any atom is -0.368 e. The highest BCUT2D eigenvalue weighted by Gasteiger charge is 2.33. The fourth-order valence-corrected chi connectivity index (χ4v) is 4.37. The minimum absolute atomic E-state index is 0.133. The van der Waals surface area contributed by atoms with Crippen LogP contribution in [0.4, 0.5) is 5.69 Å². The molecule has 0 saturated carbocycles. The van der Waals surface area contributed by atoms with Gasteiger partial charge in [0.15, 0.2) is 0 Å². The second-order valence-electron chi connectivity index (χ2n) is 8.23. The quantitative estimate of drug-likeness (QED) is 0.781. The molecule has 158 valence electrons. The summed E-state index contributed by atoms with van der Waals surface area (Å²) >= 11 is 0. The lowest BCUT2D eigenvalue weighted by Gasteiger charge is -2.40. The Labute approximate surface area is 177 Å². The molecule has 0 spiro atoms. The van der Waals surface area contributed by atoms with Gasteiger partial charge in [-0.15, -0.1) is 0 Å². The molecule has 0 N–H and O–H groups in total. The molecule has 0 unspecified atom stereocenters. The molecule has 7 heteroatoms. The minimum atomic E-state index is -0.135. The lowest BCUT2D eigenvalue weighted by Crippen LogP contribution is -2.53. The van der Waals surface area contributed by atoms with Crippen LogP contribution in [0.2, 0.25) is 0 Å².